The van der Waals surface area contributed by atoms with E-state index >= 15 is 0 Å². The van der Waals surface area contributed by atoms with Crippen molar-refractivity contribution in [3.8, 4) is 0 Å². The Morgan fingerprint density at radius 1 is 1.39 bits per heavy atom. The van der Waals surface area contributed by atoms with E-state index in [0.29, 0.717) is 17.5 Å². The molecule has 0 saturated heterocycles. The number of aromatic nitrogens is 1. The first-order chi connectivity index (χ1) is 8.72. The number of fused-ring (bicyclic) bond motifs is 1. The van der Waals surface area contributed by atoms with Gasteiger partial charge in [-0.05, 0) is 31.0 Å². The first kappa shape index (κ1) is 11.3. The number of carbonyl (C=O) groups excluding carboxylic acids is 1. The summed E-state index contributed by atoms with van der Waals surface area (Å²) in [5.74, 6) is 0.614. The smallest absolute Gasteiger partial charge is 0.251 e. The van der Waals surface area contributed by atoms with Crippen molar-refractivity contribution in [3.05, 3.63) is 29.7 Å². The first-order valence-electron chi connectivity index (χ1n) is 6.40. The van der Waals surface area contributed by atoms with Crippen LogP contribution in [0.1, 0.15) is 41.9 Å². The molecule has 94 valence electrons. The highest BCUT2D eigenvalue weighted by Gasteiger charge is 2.18. The number of nitrogens with zero attached hydrogens (tertiary/aromatic N) is 1. The van der Waals surface area contributed by atoms with Crippen molar-refractivity contribution in [2.75, 3.05) is 0 Å². The number of carbonyl (C=O) groups is 1. The Kier molecular flexibility index (Phi) is 2.78. The molecule has 4 heteroatoms. The van der Waals surface area contributed by atoms with E-state index in [0.717, 1.165) is 23.9 Å². The molecule has 3 rings (SSSR count). The Hall–Kier alpha value is -1.84. The number of oxazole rings is 1. The molecule has 1 heterocycles. The van der Waals surface area contributed by atoms with E-state index < -0.39 is 0 Å². The van der Waals surface area contributed by atoms with E-state index in [-0.39, 0.29) is 5.91 Å². The van der Waals surface area contributed by atoms with Crippen molar-refractivity contribution in [3.63, 3.8) is 0 Å². The molecule has 0 spiro atoms. The van der Waals surface area contributed by atoms with E-state index in [1.807, 2.05) is 0 Å². The molecule has 1 aromatic carbocycles. The summed E-state index contributed by atoms with van der Waals surface area (Å²) in [5, 5.41) is 3.07. The van der Waals surface area contributed by atoms with Gasteiger partial charge >= 0.3 is 0 Å². The highest BCUT2D eigenvalue weighted by Crippen LogP contribution is 2.20. The highest BCUT2D eigenvalue weighted by molar-refractivity contribution is 5.97. The molecule has 0 bridgehead atoms. The number of hydrogen-bond donors (Lipinski definition) is 1. The van der Waals surface area contributed by atoms with Gasteiger partial charge in [0.2, 0.25) is 0 Å². The number of nitrogens with one attached hydrogen (secondary N) is 1. The van der Waals surface area contributed by atoms with Crippen LogP contribution in [-0.2, 0) is 0 Å². The molecule has 1 aromatic heterocycles. The van der Waals surface area contributed by atoms with Crippen molar-refractivity contribution in [1.29, 1.82) is 0 Å². The second kappa shape index (κ2) is 4.44. The fourth-order valence-electron chi connectivity index (χ4n) is 2.52. The molecule has 4 nitrogen and oxygen atoms in total. The summed E-state index contributed by atoms with van der Waals surface area (Å²) in [7, 11) is 0. The minimum absolute atomic E-state index is 0.00977. The van der Waals surface area contributed by atoms with Crippen molar-refractivity contribution < 1.29 is 9.21 Å². The Balaban J connectivity index is 1.81. The molecule has 1 fully saturated rings. The zero-order valence-corrected chi connectivity index (χ0v) is 10.4. The molecule has 18 heavy (non-hydrogen) atoms. The SMILES string of the molecule is Cc1nc2cc(C(=O)NC3CCCC3)ccc2o1. The maximum absolute atomic E-state index is 12.1. The van der Waals surface area contributed by atoms with Crippen molar-refractivity contribution in [2.24, 2.45) is 0 Å². The second-order valence-electron chi connectivity index (χ2n) is 4.87. The molecule has 1 aliphatic carbocycles. The molecule has 0 unspecified atom stereocenters. The number of benzene rings is 1. The van der Waals surface area contributed by atoms with Gasteiger partial charge in [-0.3, -0.25) is 4.79 Å². The van der Waals surface area contributed by atoms with E-state index in [1.54, 1.807) is 25.1 Å². The van der Waals surface area contributed by atoms with Gasteiger partial charge in [0, 0.05) is 18.5 Å². The molecule has 2 aromatic rings. The van der Waals surface area contributed by atoms with Crippen LogP contribution in [0.15, 0.2) is 22.6 Å². The maximum Gasteiger partial charge on any atom is 0.251 e. The van der Waals surface area contributed by atoms with Crippen molar-refractivity contribution in [1.82, 2.24) is 10.3 Å². The Morgan fingerprint density at radius 2 is 2.17 bits per heavy atom. The Labute approximate surface area is 105 Å². The third-order valence-corrected chi connectivity index (χ3v) is 3.45. The van der Waals surface area contributed by atoms with Gasteiger partial charge in [0.1, 0.15) is 5.52 Å². The van der Waals surface area contributed by atoms with Crippen molar-refractivity contribution in [2.45, 2.75) is 38.6 Å². The number of rotatable bonds is 2. The maximum atomic E-state index is 12.1. The predicted octanol–water partition coefficient (Wildman–Crippen LogP) is 2.81. The van der Waals surface area contributed by atoms with Gasteiger partial charge in [0.25, 0.3) is 5.91 Å². The Morgan fingerprint density at radius 3 is 2.94 bits per heavy atom. The normalized spacial score (nSPS) is 16.3. The van der Waals surface area contributed by atoms with Crippen LogP contribution in [0.4, 0.5) is 0 Å². The molecule has 1 N–H and O–H groups in total. The lowest BCUT2D eigenvalue weighted by Gasteiger charge is -2.11. The third kappa shape index (κ3) is 2.10. The zero-order valence-electron chi connectivity index (χ0n) is 10.4. The average Bonchev–Trinajstić information content (AvgIpc) is 2.95. The van der Waals surface area contributed by atoms with Gasteiger partial charge in [0.05, 0.1) is 0 Å². The third-order valence-electron chi connectivity index (χ3n) is 3.45. The van der Waals surface area contributed by atoms with E-state index in [1.165, 1.54) is 12.8 Å². The van der Waals surface area contributed by atoms with Crippen LogP contribution in [0.3, 0.4) is 0 Å². The molecule has 1 aliphatic rings. The molecule has 0 aliphatic heterocycles. The average molecular weight is 244 g/mol. The summed E-state index contributed by atoms with van der Waals surface area (Å²) in [6.45, 7) is 1.80. The molecular weight excluding hydrogens is 228 g/mol. The molecule has 1 saturated carbocycles. The van der Waals surface area contributed by atoms with E-state index in [9.17, 15) is 4.79 Å². The van der Waals surface area contributed by atoms with E-state index in [4.69, 9.17) is 4.42 Å². The van der Waals surface area contributed by atoms with E-state index in [2.05, 4.69) is 10.3 Å². The minimum Gasteiger partial charge on any atom is -0.441 e. The van der Waals surface area contributed by atoms with Crippen LogP contribution < -0.4 is 5.32 Å². The van der Waals surface area contributed by atoms with Crippen LogP contribution >= 0.6 is 0 Å². The quantitative estimate of drug-likeness (QED) is 0.883. The summed E-state index contributed by atoms with van der Waals surface area (Å²) in [5.41, 5.74) is 2.12. The summed E-state index contributed by atoms with van der Waals surface area (Å²) < 4.78 is 5.39. The van der Waals surface area contributed by atoms with Gasteiger partial charge < -0.3 is 9.73 Å². The molecule has 1 amide bonds. The largest absolute Gasteiger partial charge is 0.441 e. The predicted molar refractivity (Wildman–Crippen MR) is 68.5 cm³/mol. The van der Waals surface area contributed by atoms with Crippen molar-refractivity contribution >= 4 is 17.0 Å². The fourth-order valence-corrected chi connectivity index (χ4v) is 2.52. The standard InChI is InChI=1S/C14H16N2O2/c1-9-15-12-8-10(6-7-13(12)18-9)14(17)16-11-4-2-3-5-11/h6-8,11H,2-5H2,1H3,(H,16,17). The number of amides is 1. The van der Waals surface area contributed by atoms with Crippen LogP contribution in [0.2, 0.25) is 0 Å². The summed E-state index contributed by atoms with van der Waals surface area (Å²) >= 11 is 0. The van der Waals surface area contributed by atoms with Gasteiger partial charge in [-0.1, -0.05) is 12.8 Å². The second-order valence-corrected chi connectivity index (χ2v) is 4.87. The lowest BCUT2D eigenvalue weighted by molar-refractivity contribution is 0.0938. The van der Waals surface area contributed by atoms with Gasteiger partial charge in [-0.25, -0.2) is 4.98 Å². The summed E-state index contributed by atoms with van der Waals surface area (Å²) in [4.78, 5) is 16.3. The van der Waals surface area contributed by atoms with Gasteiger partial charge in [0.15, 0.2) is 11.5 Å². The van der Waals surface area contributed by atoms with Crippen LogP contribution in [-0.4, -0.2) is 16.9 Å². The minimum atomic E-state index is -0.00977. The van der Waals surface area contributed by atoms with Crippen LogP contribution in [0, 0.1) is 6.92 Å². The fraction of sp³-hybridized carbons (Fsp3) is 0.429. The molecule has 0 atom stereocenters. The number of aryl methyl sites for hydroxylation is 1. The topological polar surface area (TPSA) is 55.1 Å². The summed E-state index contributed by atoms with van der Waals surface area (Å²) in [6, 6.07) is 5.72. The Bertz CT molecular complexity index is 582. The highest BCUT2D eigenvalue weighted by atomic mass is 16.3. The monoisotopic (exact) mass is 244 g/mol. The first-order valence-corrected chi connectivity index (χ1v) is 6.40. The zero-order chi connectivity index (χ0) is 12.5. The molecular formula is C14H16N2O2. The van der Waals surface area contributed by atoms with Gasteiger partial charge in [-0.2, -0.15) is 0 Å². The lowest BCUT2D eigenvalue weighted by atomic mass is 10.1. The summed E-state index contributed by atoms with van der Waals surface area (Å²) in [6.07, 6.45) is 4.62. The van der Waals surface area contributed by atoms with Crippen LogP contribution in [0.25, 0.3) is 11.1 Å². The van der Waals surface area contributed by atoms with Crippen LogP contribution in [0.5, 0.6) is 0 Å². The number of hydrogen-bond acceptors (Lipinski definition) is 3. The van der Waals surface area contributed by atoms with Gasteiger partial charge in [-0.15, -0.1) is 0 Å². The lowest BCUT2D eigenvalue weighted by Crippen LogP contribution is -2.32. The molecule has 0 radical (unpaired) electrons.